The Labute approximate surface area is 263 Å². The first-order valence-electron chi connectivity index (χ1n) is 15.8. The van der Waals surface area contributed by atoms with Crippen LogP contribution in [0.4, 0.5) is 0 Å². The van der Waals surface area contributed by atoms with Gasteiger partial charge in [0.15, 0.2) is 12.6 Å². The topological polar surface area (TPSA) is 257 Å². The Bertz CT molecular complexity index is 824. The van der Waals surface area contributed by atoms with Crippen molar-refractivity contribution in [1.29, 1.82) is 0 Å². The third-order valence-corrected chi connectivity index (χ3v) is 8.09. The maximum atomic E-state index is 12.1. The summed E-state index contributed by atoms with van der Waals surface area (Å²) in [6.07, 6.45) is -7.41. The predicted molar refractivity (Wildman–Crippen MR) is 156 cm³/mol. The zero-order valence-electron chi connectivity index (χ0n) is 25.9. The van der Waals surface area contributed by atoms with Crippen LogP contribution < -0.4 is 10.6 Å². The van der Waals surface area contributed by atoms with Crippen LogP contribution >= 0.6 is 0 Å². The minimum atomic E-state index is -1.50. The average molecular weight is 655 g/mol. The molecule has 2 aliphatic rings. The Balaban J connectivity index is 1.47. The van der Waals surface area contributed by atoms with Gasteiger partial charge in [0.05, 0.1) is 13.2 Å². The van der Waals surface area contributed by atoms with Crippen LogP contribution in [0.25, 0.3) is 0 Å². The largest absolute Gasteiger partial charge is 0.394 e. The Morgan fingerprint density at radius 3 is 1.84 bits per heavy atom. The number of aldehydes is 1. The Kier molecular flexibility index (Phi) is 19.0. The van der Waals surface area contributed by atoms with Crippen molar-refractivity contribution in [3.05, 3.63) is 0 Å². The fourth-order valence-corrected chi connectivity index (χ4v) is 5.11. The van der Waals surface area contributed by atoms with Crippen molar-refractivity contribution in [3.63, 3.8) is 0 Å². The molecule has 10 N–H and O–H groups in total. The van der Waals surface area contributed by atoms with Crippen molar-refractivity contribution in [1.82, 2.24) is 10.6 Å². The molecule has 12 atom stereocenters. The Morgan fingerprint density at radius 1 is 0.756 bits per heavy atom. The number of rotatable bonds is 22. The second-order valence-corrected chi connectivity index (χ2v) is 11.8. The highest BCUT2D eigenvalue weighted by Crippen LogP contribution is 2.23. The number of hydrogen-bond donors (Lipinski definition) is 10. The molecule has 0 spiro atoms. The average Bonchev–Trinajstić information content (AvgIpc) is 3.03. The molecule has 2 rings (SSSR count). The van der Waals surface area contributed by atoms with Crippen LogP contribution in [-0.4, -0.2) is 160 Å². The highest BCUT2D eigenvalue weighted by atomic mass is 16.7. The zero-order valence-corrected chi connectivity index (χ0v) is 25.9. The van der Waals surface area contributed by atoms with Gasteiger partial charge in [-0.2, -0.15) is 0 Å². The van der Waals surface area contributed by atoms with E-state index in [9.17, 15) is 50.4 Å². The number of unbranched alkanes of at least 4 members (excludes halogenated alkanes) is 2. The van der Waals surface area contributed by atoms with Crippen LogP contribution in [0, 0.1) is 5.92 Å². The van der Waals surface area contributed by atoms with Gasteiger partial charge in [0, 0.05) is 44.7 Å². The molecular formula is C29H54N2O14. The van der Waals surface area contributed by atoms with Crippen LogP contribution in [0.15, 0.2) is 0 Å². The minimum Gasteiger partial charge on any atom is -0.394 e. The molecule has 0 aliphatic carbocycles. The maximum Gasteiger partial charge on any atom is 0.219 e. The third kappa shape index (κ3) is 13.3. The SMILES string of the molecule is C[C@@H](CCCCNC(=O)CCCCOC1OC(CO)C(O)C(O)C1O)NCC(C=O)CCCOC1OC(CO)C(O)C(O)C1O. The van der Waals surface area contributed by atoms with Gasteiger partial charge in [-0.1, -0.05) is 6.42 Å². The fraction of sp³-hybridized carbons (Fsp3) is 0.931. The van der Waals surface area contributed by atoms with Crippen LogP contribution in [0.2, 0.25) is 0 Å². The molecule has 45 heavy (non-hydrogen) atoms. The molecule has 2 saturated heterocycles. The lowest BCUT2D eigenvalue weighted by Crippen LogP contribution is -2.59. The lowest BCUT2D eigenvalue weighted by molar-refractivity contribution is -0.301. The van der Waals surface area contributed by atoms with Crippen molar-refractivity contribution < 1.29 is 69.4 Å². The van der Waals surface area contributed by atoms with E-state index in [-0.39, 0.29) is 31.1 Å². The van der Waals surface area contributed by atoms with Gasteiger partial charge in [-0.15, -0.1) is 0 Å². The standard InChI is InChI=1S/C29H54N2O14/c1-17(31-13-18(14-32)8-6-12-43-29-27(41)25(39)23(37)20(16-34)45-29)7-2-4-10-30-21(35)9-3-5-11-42-28-26(40)24(38)22(36)19(15-33)44-28/h14,17-20,22-29,31,33-34,36-41H,2-13,15-16H2,1H3,(H,30,35)/t17-,18?,19?,20?,22?,23?,24?,25?,26?,27?,28?,29?/m0/s1. The summed E-state index contributed by atoms with van der Waals surface area (Å²) in [4.78, 5) is 23.6. The van der Waals surface area contributed by atoms with Gasteiger partial charge in [0.25, 0.3) is 0 Å². The quantitative estimate of drug-likeness (QED) is 0.0404. The van der Waals surface area contributed by atoms with E-state index in [0.29, 0.717) is 45.2 Å². The first kappa shape index (κ1) is 39.8. The van der Waals surface area contributed by atoms with Crippen molar-refractivity contribution in [3.8, 4) is 0 Å². The van der Waals surface area contributed by atoms with Crippen LogP contribution in [0.1, 0.15) is 58.3 Å². The molecule has 2 heterocycles. The molecule has 2 aliphatic heterocycles. The van der Waals surface area contributed by atoms with Crippen LogP contribution in [0.3, 0.4) is 0 Å². The highest BCUT2D eigenvalue weighted by Gasteiger charge is 2.45. The summed E-state index contributed by atoms with van der Waals surface area (Å²) in [5.74, 6) is -0.328. The summed E-state index contributed by atoms with van der Waals surface area (Å²) in [6, 6.07) is 0.164. The molecule has 0 bridgehead atoms. The van der Waals surface area contributed by atoms with Gasteiger partial charge in [0.2, 0.25) is 5.91 Å². The van der Waals surface area contributed by atoms with Crippen molar-refractivity contribution in [2.24, 2.45) is 5.92 Å². The fourth-order valence-electron chi connectivity index (χ4n) is 5.11. The van der Waals surface area contributed by atoms with Crippen molar-refractivity contribution >= 4 is 12.2 Å². The molecule has 0 aromatic rings. The number of carbonyl (C=O) groups is 2. The van der Waals surface area contributed by atoms with E-state index in [1.54, 1.807) is 0 Å². The zero-order chi connectivity index (χ0) is 33.4. The summed E-state index contributed by atoms with van der Waals surface area (Å²) in [5.41, 5.74) is 0. The smallest absolute Gasteiger partial charge is 0.219 e. The number of aliphatic hydroxyl groups excluding tert-OH is 8. The van der Waals surface area contributed by atoms with Gasteiger partial charge >= 0.3 is 0 Å². The lowest BCUT2D eigenvalue weighted by Gasteiger charge is -2.39. The van der Waals surface area contributed by atoms with Gasteiger partial charge in [-0.05, 0) is 45.4 Å². The summed E-state index contributed by atoms with van der Waals surface area (Å²) >= 11 is 0. The highest BCUT2D eigenvalue weighted by molar-refractivity contribution is 5.75. The maximum absolute atomic E-state index is 12.1. The van der Waals surface area contributed by atoms with Gasteiger partial charge in [-0.3, -0.25) is 4.79 Å². The van der Waals surface area contributed by atoms with E-state index >= 15 is 0 Å². The number of amides is 1. The predicted octanol–water partition coefficient (Wildman–Crippen LogP) is -3.35. The van der Waals surface area contributed by atoms with Gasteiger partial charge in [-0.25, -0.2) is 0 Å². The number of ether oxygens (including phenoxy) is 4. The number of hydrogen-bond acceptors (Lipinski definition) is 15. The van der Waals surface area contributed by atoms with Crippen LogP contribution in [0.5, 0.6) is 0 Å². The van der Waals surface area contributed by atoms with E-state index in [0.717, 1.165) is 25.5 Å². The number of carbonyl (C=O) groups excluding carboxylic acids is 2. The number of nitrogens with one attached hydrogen (secondary N) is 2. The van der Waals surface area contributed by atoms with E-state index in [2.05, 4.69) is 10.6 Å². The van der Waals surface area contributed by atoms with E-state index in [4.69, 9.17) is 18.9 Å². The molecule has 1 amide bonds. The molecule has 0 aromatic carbocycles. The summed E-state index contributed by atoms with van der Waals surface area (Å²) in [7, 11) is 0. The van der Waals surface area contributed by atoms with Crippen molar-refractivity contribution in [2.45, 2.75) is 126 Å². The normalized spacial score (nSPS) is 33.4. The molecule has 11 unspecified atom stereocenters. The number of aliphatic hydroxyl groups is 8. The first-order valence-corrected chi connectivity index (χ1v) is 15.8. The molecule has 2 fully saturated rings. The third-order valence-electron chi connectivity index (χ3n) is 8.09. The molecule has 0 aromatic heterocycles. The Morgan fingerprint density at radius 2 is 1.31 bits per heavy atom. The van der Waals surface area contributed by atoms with E-state index < -0.39 is 74.6 Å². The Hall–Kier alpha value is -1.38. The molecule has 16 heteroatoms. The summed E-state index contributed by atoms with van der Waals surface area (Å²) in [5, 5.41) is 83.9. The van der Waals surface area contributed by atoms with Gasteiger partial charge < -0.3 is 75.2 Å². The van der Waals surface area contributed by atoms with Gasteiger partial charge in [0.1, 0.15) is 55.1 Å². The molecular weight excluding hydrogens is 600 g/mol. The summed E-state index contributed by atoms with van der Waals surface area (Å²) in [6.45, 7) is 2.31. The van der Waals surface area contributed by atoms with Crippen molar-refractivity contribution in [2.75, 3.05) is 39.5 Å². The lowest BCUT2D eigenvalue weighted by atomic mass is 9.99. The second kappa shape index (κ2) is 21.5. The van der Waals surface area contributed by atoms with E-state index in [1.165, 1.54) is 0 Å². The molecule has 16 nitrogen and oxygen atoms in total. The molecule has 0 radical (unpaired) electrons. The van der Waals surface area contributed by atoms with Crippen LogP contribution in [-0.2, 0) is 28.5 Å². The first-order chi connectivity index (χ1) is 21.5. The second-order valence-electron chi connectivity index (χ2n) is 11.8. The molecule has 264 valence electrons. The minimum absolute atomic E-state index is 0.0849. The molecule has 0 saturated carbocycles. The summed E-state index contributed by atoms with van der Waals surface area (Å²) < 4.78 is 21.5. The van der Waals surface area contributed by atoms with E-state index in [1.807, 2.05) is 6.92 Å². The monoisotopic (exact) mass is 654 g/mol.